The molecule has 1 rings (SSSR count). The van der Waals surface area contributed by atoms with E-state index in [1.165, 1.54) is 0 Å². The number of nitrogens with zero attached hydrogens (tertiary/aromatic N) is 1. The summed E-state index contributed by atoms with van der Waals surface area (Å²) in [5.74, 6) is -0.757. The lowest BCUT2D eigenvalue weighted by molar-refractivity contribution is -0.142. The largest absolute Gasteiger partial charge is 0.456 e. The number of hydrogen-bond acceptors (Lipinski definition) is 5. The Hall–Kier alpha value is -1.34. The van der Waals surface area contributed by atoms with Gasteiger partial charge in [0.15, 0.2) is 5.96 Å². The van der Waals surface area contributed by atoms with Gasteiger partial charge in [0.25, 0.3) is 0 Å². The van der Waals surface area contributed by atoms with Gasteiger partial charge in [0.2, 0.25) is 0 Å². The van der Waals surface area contributed by atoms with Crippen molar-refractivity contribution in [3.05, 3.63) is 0 Å². The average Bonchev–Trinajstić information content (AvgIpc) is 2.29. The molecule has 1 aliphatic heterocycles. The smallest absolute Gasteiger partial charge is 0.326 e. The summed E-state index contributed by atoms with van der Waals surface area (Å²) in [5, 5.41) is 9.32. The zero-order chi connectivity index (χ0) is 10.0. The minimum atomic E-state index is -1.05. The minimum Gasteiger partial charge on any atom is -0.456 e. The predicted octanol–water partition coefficient (Wildman–Crippen LogP) is -3.13. The summed E-state index contributed by atoms with van der Waals surface area (Å²) in [6.07, 6.45) is -1.79. The van der Waals surface area contributed by atoms with Gasteiger partial charge < -0.3 is 27.0 Å². The molecule has 7 N–H and O–H groups in total. The monoisotopic (exact) mass is 188 g/mol. The number of aliphatic hydroxyl groups excluding tert-OH is 1. The van der Waals surface area contributed by atoms with E-state index in [9.17, 15) is 9.90 Å². The molecule has 13 heavy (non-hydrogen) atoms. The molecule has 1 fully saturated rings. The summed E-state index contributed by atoms with van der Waals surface area (Å²) in [7, 11) is 0. The molecule has 1 aliphatic rings. The third kappa shape index (κ3) is 2.07. The van der Waals surface area contributed by atoms with E-state index in [-0.39, 0.29) is 12.5 Å². The topological polar surface area (TPSA) is 137 Å². The number of carbonyl (C=O) groups excluding carboxylic acids is 1. The number of rotatable bonds is 2. The number of ether oxygens (including phenoxy) is 1. The molecule has 1 heterocycles. The van der Waals surface area contributed by atoms with Crippen LogP contribution in [0.4, 0.5) is 0 Å². The van der Waals surface area contributed by atoms with Crippen LogP contribution in [0.2, 0.25) is 0 Å². The van der Waals surface area contributed by atoms with Crippen molar-refractivity contribution in [2.45, 2.75) is 18.2 Å². The number of aliphatic imine (C=N–C) groups is 1. The SMILES string of the molecule is NC(N)=NC[C@H]1OC(=O)[C@@H](N)[C@H]1O. The van der Waals surface area contributed by atoms with Crippen molar-refractivity contribution < 1.29 is 14.6 Å². The normalized spacial score (nSPS) is 32.8. The first-order valence-electron chi connectivity index (χ1n) is 3.72. The highest BCUT2D eigenvalue weighted by Gasteiger charge is 2.41. The Labute approximate surface area is 74.5 Å². The highest BCUT2D eigenvalue weighted by Crippen LogP contribution is 2.14. The third-order valence-corrected chi connectivity index (χ3v) is 1.74. The maximum Gasteiger partial charge on any atom is 0.326 e. The number of carbonyl (C=O) groups is 1. The molecule has 0 aliphatic carbocycles. The van der Waals surface area contributed by atoms with Gasteiger partial charge >= 0.3 is 5.97 Å². The van der Waals surface area contributed by atoms with E-state index < -0.39 is 24.2 Å². The number of cyclic esters (lactones) is 1. The molecule has 0 aromatic rings. The second-order valence-corrected chi connectivity index (χ2v) is 2.76. The molecule has 0 spiro atoms. The van der Waals surface area contributed by atoms with E-state index in [1.807, 2.05) is 0 Å². The van der Waals surface area contributed by atoms with Crippen molar-refractivity contribution in [3.63, 3.8) is 0 Å². The molecule has 0 bridgehead atoms. The highest BCUT2D eigenvalue weighted by atomic mass is 16.6. The fourth-order valence-corrected chi connectivity index (χ4v) is 1.01. The second-order valence-electron chi connectivity index (χ2n) is 2.76. The van der Waals surface area contributed by atoms with Crippen LogP contribution >= 0.6 is 0 Å². The van der Waals surface area contributed by atoms with Gasteiger partial charge in [0, 0.05) is 0 Å². The van der Waals surface area contributed by atoms with E-state index in [0.717, 1.165) is 0 Å². The Morgan fingerprint density at radius 2 is 2.23 bits per heavy atom. The first-order valence-corrected chi connectivity index (χ1v) is 3.72. The maximum absolute atomic E-state index is 10.8. The molecule has 0 unspecified atom stereocenters. The summed E-state index contributed by atoms with van der Waals surface area (Å²) in [5.41, 5.74) is 15.4. The van der Waals surface area contributed by atoms with E-state index in [0.29, 0.717) is 0 Å². The lowest BCUT2D eigenvalue weighted by atomic mass is 10.1. The van der Waals surface area contributed by atoms with Crippen molar-refractivity contribution >= 4 is 11.9 Å². The van der Waals surface area contributed by atoms with Gasteiger partial charge in [-0.25, -0.2) is 4.99 Å². The zero-order valence-corrected chi connectivity index (χ0v) is 6.88. The Kier molecular flexibility index (Phi) is 2.69. The molecule has 7 nitrogen and oxygen atoms in total. The van der Waals surface area contributed by atoms with Crippen LogP contribution in [0.5, 0.6) is 0 Å². The average molecular weight is 188 g/mol. The van der Waals surface area contributed by atoms with Gasteiger partial charge in [-0.2, -0.15) is 0 Å². The number of nitrogens with two attached hydrogens (primary N) is 3. The molecule has 1 saturated heterocycles. The number of guanidine groups is 1. The Bertz CT molecular complexity index is 238. The van der Waals surface area contributed by atoms with Crippen molar-refractivity contribution in [1.82, 2.24) is 0 Å². The van der Waals surface area contributed by atoms with Crippen LogP contribution in [0.1, 0.15) is 0 Å². The molecule has 0 amide bonds. The lowest BCUT2D eigenvalue weighted by Gasteiger charge is -2.10. The Morgan fingerprint density at radius 1 is 1.62 bits per heavy atom. The molecule has 74 valence electrons. The number of aliphatic hydroxyl groups is 1. The Balaban J connectivity index is 2.54. The van der Waals surface area contributed by atoms with Gasteiger partial charge in [-0.15, -0.1) is 0 Å². The van der Waals surface area contributed by atoms with E-state index in [4.69, 9.17) is 21.9 Å². The highest BCUT2D eigenvalue weighted by molar-refractivity contribution is 5.79. The number of esters is 1. The molecular weight excluding hydrogens is 176 g/mol. The van der Waals surface area contributed by atoms with E-state index in [1.54, 1.807) is 0 Å². The van der Waals surface area contributed by atoms with Crippen molar-refractivity contribution in [2.75, 3.05) is 6.54 Å². The second kappa shape index (κ2) is 3.58. The standard InChI is InChI=1S/C6H12N4O3/c7-3-4(11)2(13-5(3)12)1-10-6(8)9/h2-4,11H,1,7H2,(H4,8,9,10)/t2-,3+,4+/m1/s1. The Morgan fingerprint density at radius 3 is 2.62 bits per heavy atom. The van der Waals surface area contributed by atoms with Crippen molar-refractivity contribution in [1.29, 1.82) is 0 Å². The lowest BCUT2D eigenvalue weighted by Crippen LogP contribution is -2.39. The zero-order valence-electron chi connectivity index (χ0n) is 6.88. The summed E-state index contributed by atoms with van der Waals surface area (Å²) >= 11 is 0. The third-order valence-electron chi connectivity index (χ3n) is 1.74. The van der Waals surface area contributed by atoms with Crippen molar-refractivity contribution in [3.8, 4) is 0 Å². The summed E-state index contributed by atoms with van der Waals surface area (Å²) in [4.78, 5) is 14.4. The van der Waals surface area contributed by atoms with Gasteiger partial charge in [0.1, 0.15) is 18.2 Å². The van der Waals surface area contributed by atoms with Crippen LogP contribution in [-0.4, -0.2) is 41.8 Å². The fraction of sp³-hybridized carbons (Fsp3) is 0.667. The summed E-state index contributed by atoms with van der Waals surface area (Å²) in [6.45, 7) is 0.0307. The summed E-state index contributed by atoms with van der Waals surface area (Å²) in [6, 6.07) is -1.00. The van der Waals surface area contributed by atoms with Crippen molar-refractivity contribution in [2.24, 2.45) is 22.2 Å². The minimum absolute atomic E-state index is 0.0307. The van der Waals surface area contributed by atoms with Crippen LogP contribution in [0.3, 0.4) is 0 Å². The molecule has 7 heteroatoms. The van der Waals surface area contributed by atoms with Crippen LogP contribution in [-0.2, 0) is 9.53 Å². The molecule has 0 saturated carbocycles. The molecular formula is C6H12N4O3. The van der Waals surface area contributed by atoms with Crippen LogP contribution < -0.4 is 17.2 Å². The van der Waals surface area contributed by atoms with Gasteiger partial charge in [-0.05, 0) is 0 Å². The maximum atomic E-state index is 10.8. The first-order chi connectivity index (χ1) is 6.02. The molecule has 0 radical (unpaired) electrons. The fourth-order valence-electron chi connectivity index (χ4n) is 1.01. The molecule has 0 aromatic carbocycles. The molecule has 0 aromatic heterocycles. The van der Waals surface area contributed by atoms with Gasteiger partial charge in [-0.1, -0.05) is 0 Å². The molecule has 3 atom stereocenters. The predicted molar refractivity (Wildman–Crippen MR) is 44.5 cm³/mol. The van der Waals surface area contributed by atoms with E-state index in [2.05, 4.69) is 4.99 Å². The summed E-state index contributed by atoms with van der Waals surface area (Å²) < 4.78 is 4.70. The van der Waals surface area contributed by atoms with Crippen LogP contribution in [0, 0.1) is 0 Å². The number of hydrogen-bond donors (Lipinski definition) is 4. The quantitative estimate of drug-likeness (QED) is 0.205. The van der Waals surface area contributed by atoms with Gasteiger partial charge in [-0.3, -0.25) is 4.79 Å². The first kappa shape index (κ1) is 9.75. The van der Waals surface area contributed by atoms with Crippen LogP contribution in [0.25, 0.3) is 0 Å². The van der Waals surface area contributed by atoms with E-state index >= 15 is 0 Å². The van der Waals surface area contributed by atoms with Crippen LogP contribution in [0.15, 0.2) is 4.99 Å². The van der Waals surface area contributed by atoms with Gasteiger partial charge in [0.05, 0.1) is 6.54 Å².